The van der Waals surface area contributed by atoms with Crippen LogP contribution in [0.4, 0.5) is 0 Å². The van der Waals surface area contributed by atoms with Crippen LogP contribution in [0.2, 0.25) is 18.1 Å². The SMILES string of the molecule is C=C1C[C@@H]2CC[C@@]34C[C@]5(C)O[C@H]6[C@@H](O3)[C@H]3OC(CC[C@@H]3O[C@H]6[C@H]5O4)CC(=O)C(Cc3ccccc3)C3[C@@H](C)C(C[C@@H](CN4C(=O)c5ccccc5C4=O)O[Si](C)(C)C(C)(C)C)O[C@H]3CC3O[C@@H](CCC1O2)C[C@@H](C)C3=C. The number of imide groups is 1. The molecule has 0 saturated carbocycles. The summed E-state index contributed by atoms with van der Waals surface area (Å²) in [5.74, 6) is -1.90. The minimum Gasteiger partial charge on any atom is -0.412 e. The van der Waals surface area contributed by atoms with E-state index in [0.29, 0.717) is 49.7 Å². The molecule has 2 aromatic rings. The first-order valence-corrected chi connectivity index (χ1v) is 31.9. The summed E-state index contributed by atoms with van der Waals surface area (Å²) in [5.41, 5.74) is 3.55. The number of rotatable bonds is 8. The molecule has 12 bridgehead atoms. The van der Waals surface area contributed by atoms with Crippen LogP contribution in [-0.2, 0) is 53.5 Å². The Balaban J connectivity index is 0.891. The van der Waals surface area contributed by atoms with E-state index in [4.69, 9.17) is 42.3 Å². The topological polar surface area (TPSA) is 138 Å². The third-order valence-corrected chi connectivity index (χ3v) is 24.9. The zero-order valence-corrected chi connectivity index (χ0v) is 47.2. The summed E-state index contributed by atoms with van der Waals surface area (Å²) in [6.07, 6.45) is 4.57. The molecule has 13 rings (SSSR count). The molecule has 2 amide bonds. The number of amides is 2. The number of hydrogen-bond acceptors (Lipinski definition) is 12. The van der Waals surface area contributed by atoms with Crippen molar-refractivity contribution < 1.29 is 56.7 Å². The molecule has 412 valence electrons. The van der Waals surface area contributed by atoms with Crippen molar-refractivity contribution >= 4 is 25.9 Å². The molecular weight excluding hydrogens is 979 g/mol. The number of fused-ring (bicyclic) bond motifs is 7. The van der Waals surface area contributed by atoms with Crippen molar-refractivity contribution in [2.75, 3.05) is 6.54 Å². The highest BCUT2D eigenvalue weighted by molar-refractivity contribution is 6.74. The van der Waals surface area contributed by atoms with Crippen LogP contribution < -0.4 is 0 Å². The van der Waals surface area contributed by atoms with Crippen molar-refractivity contribution in [3.63, 3.8) is 0 Å². The largest absolute Gasteiger partial charge is 0.412 e. The highest BCUT2D eigenvalue weighted by atomic mass is 28.4. The van der Waals surface area contributed by atoms with Crippen LogP contribution in [0.15, 0.2) is 78.9 Å². The normalized spacial score (nSPS) is 42.8. The van der Waals surface area contributed by atoms with Crippen molar-refractivity contribution in [2.24, 2.45) is 23.7 Å². The summed E-state index contributed by atoms with van der Waals surface area (Å²) in [5, 5.41) is -0.149. The fraction of sp³-hybridized carbons (Fsp3) is 0.694. The van der Waals surface area contributed by atoms with E-state index in [9.17, 15) is 9.59 Å². The number of ether oxygens (including phenoxy) is 8. The highest BCUT2D eigenvalue weighted by Gasteiger charge is 2.73. The summed E-state index contributed by atoms with van der Waals surface area (Å²) in [6, 6.07) is 17.4. The van der Waals surface area contributed by atoms with Gasteiger partial charge >= 0.3 is 0 Å². The molecule has 11 aliphatic rings. The minimum absolute atomic E-state index is 0.00102. The molecule has 1 spiro atoms. The first-order valence-electron chi connectivity index (χ1n) is 29.0. The van der Waals surface area contributed by atoms with Gasteiger partial charge in [0.1, 0.15) is 41.9 Å². The van der Waals surface area contributed by atoms with Gasteiger partial charge < -0.3 is 42.3 Å². The lowest BCUT2D eigenvalue weighted by atomic mass is 9.71. The molecule has 0 radical (unpaired) electrons. The third kappa shape index (κ3) is 9.61. The Morgan fingerprint density at radius 3 is 2.16 bits per heavy atom. The van der Waals surface area contributed by atoms with Gasteiger partial charge in [0.2, 0.25) is 0 Å². The second-order valence-electron chi connectivity index (χ2n) is 26.6. The van der Waals surface area contributed by atoms with E-state index in [1.165, 1.54) is 4.90 Å². The van der Waals surface area contributed by atoms with E-state index in [0.717, 1.165) is 55.2 Å². The second kappa shape index (κ2) is 20.0. The Hall–Kier alpha value is -3.41. The number of carbonyl (C=O) groups is 3. The molecule has 11 aliphatic heterocycles. The number of Topliss-reactive ketones (excluding diaryl/α,β-unsaturated/α-hetero) is 1. The Bertz CT molecular complexity index is 2550. The molecule has 11 heterocycles. The Kier molecular flexibility index (Phi) is 14.0. The first kappa shape index (κ1) is 53.2. The fourth-order valence-corrected chi connectivity index (χ4v) is 16.7. The van der Waals surface area contributed by atoms with Gasteiger partial charge in [-0.05, 0) is 117 Å². The van der Waals surface area contributed by atoms with E-state index >= 15 is 4.79 Å². The number of carbonyl (C=O) groups excluding carboxylic acids is 3. The van der Waals surface area contributed by atoms with Gasteiger partial charge in [-0.25, -0.2) is 0 Å². The van der Waals surface area contributed by atoms with Crippen molar-refractivity contribution in [1.82, 2.24) is 4.90 Å². The molecule has 20 atom stereocenters. The van der Waals surface area contributed by atoms with Crippen molar-refractivity contribution in [3.8, 4) is 0 Å². The molecule has 76 heavy (non-hydrogen) atoms. The summed E-state index contributed by atoms with van der Waals surface area (Å²) in [6.45, 7) is 27.0. The maximum absolute atomic E-state index is 15.8. The predicted molar refractivity (Wildman–Crippen MR) is 287 cm³/mol. The number of ketones is 1. The standard InChI is InChI=1S/C62H83NO12Si/c1-34-26-39-20-22-47-35(2)27-41(67-47)24-25-62-33-61(8)57(74-62)56-55(72-61)54(73-62)53-48(71-56)23-21-40(69-53)29-46(64)45(28-38-16-12-11-13-17-38)52-37(4)49(70-51(52)31-50(68-39)36(34)3)30-42(75-76(9,10)60(5,6)7)32-63-58(65)43-18-14-15-19-44(43)59(63)66/h11-19,34,37,39-42,45,47-57H,2-3,20-33H2,1,4-10H3/t34-,37+,39+,40?,41+,42+,45?,47?,48+,49?,50?,51+,52?,53+,54+,55+,56-,57-,61+,62-/m1/s1. The minimum atomic E-state index is -2.48. The predicted octanol–water partition coefficient (Wildman–Crippen LogP) is 10.3. The van der Waals surface area contributed by atoms with Crippen molar-refractivity contribution in [1.29, 1.82) is 0 Å². The number of benzene rings is 2. The van der Waals surface area contributed by atoms with Crippen molar-refractivity contribution in [2.45, 2.75) is 240 Å². The zero-order valence-electron chi connectivity index (χ0n) is 46.2. The van der Waals surface area contributed by atoms with Gasteiger partial charge in [-0.1, -0.05) is 90.2 Å². The number of hydrogen-bond donors (Lipinski definition) is 0. The summed E-state index contributed by atoms with van der Waals surface area (Å²) in [4.78, 5) is 45.2. The van der Waals surface area contributed by atoms with Gasteiger partial charge in [0.05, 0.1) is 72.6 Å². The van der Waals surface area contributed by atoms with E-state index in [1.54, 1.807) is 24.3 Å². The molecule has 10 fully saturated rings. The van der Waals surface area contributed by atoms with Gasteiger partial charge in [-0.15, -0.1) is 0 Å². The van der Waals surface area contributed by atoms with E-state index < -0.39 is 43.9 Å². The van der Waals surface area contributed by atoms with Crippen LogP contribution in [0.25, 0.3) is 0 Å². The zero-order chi connectivity index (χ0) is 53.2. The quantitative estimate of drug-likeness (QED) is 0.141. The molecule has 0 aromatic heterocycles. The molecule has 14 heteroatoms. The van der Waals surface area contributed by atoms with Crippen LogP contribution >= 0.6 is 0 Å². The highest BCUT2D eigenvalue weighted by Crippen LogP contribution is 2.59. The average molecular weight is 1060 g/mol. The lowest BCUT2D eigenvalue weighted by molar-refractivity contribution is -0.294. The van der Waals surface area contributed by atoms with Gasteiger partial charge in [0.25, 0.3) is 11.8 Å². The summed E-state index contributed by atoms with van der Waals surface area (Å²) in [7, 11) is -2.48. The lowest BCUT2D eigenvalue weighted by Crippen LogP contribution is -2.62. The Labute approximate surface area is 451 Å². The van der Waals surface area contributed by atoms with E-state index in [-0.39, 0.29) is 120 Å². The van der Waals surface area contributed by atoms with Crippen LogP contribution in [0.3, 0.4) is 0 Å². The molecule has 2 aromatic carbocycles. The first-order chi connectivity index (χ1) is 36.2. The molecule has 10 saturated heterocycles. The van der Waals surface area contributed by atoms with Crippen molar-refractivity contribution in [3.05, 3.63) is 95.6 Å². The summed E-state index contributed by atoms with van der Waals surface area (Å²) >= 11 is 0. The lowest BCUT2D eigenvalue weighted by Gasteiger charge is -2.47. The molecule has 13 nitrogen and oxygen atoms in total. The molecule has 0 aliphatic carbocycles. The maximum Gasteiger partial charge on any atom is 0.261 e. The van der Waals surface area contributed by atoms with Crippen LogP contribution in [0, 0.1) is 23.7 Å². The number of nitrogens with zero attached hydrogens (tertiary/aromatic N) is 1. The van der Waals surface area contributed by atoms with Crippen LogP contribution in [0.1, 0.15) is 145 Å². The van der Waals surface area contributed by atoms with Crippen LogP contribution in [-0.4, -0.2) is 134 Å². The smallest absolute Gasteiger partial charge is 0.261 e. The summed E-state index contributed by atoms with van der Waals surface area (Å²) < 4.78 is 64.1. The monoisotopic (exact) mass is 1060 g/mol. The maximum atomic E-state index is 15.8. The average Bonchev–Trinajstić information content (AvgIpc) is 4.19. The van der Waals surface area contributed by atoms with Gasteiger partial charge in [-0.3, -0.25) is 19.3 Å². The van der Waals surface area contributed by atoms with E-state index in [2.05, 4.69) is 79.9 Å². The Morgan fingerprint density at radius 1 is 0.737 bits per heavy atom. The van der Waals surface area contributed by atoms with Gasteiger partial charge in [0, 0.05) is 43.9 Å². The van der Waals surface area contributed by atoms with Gasteiger partial charge in [0.15, 0.2) is 14.1 Å². The fourth-order valence-electron chi connectivity index (χ4n) is 15.3. The third-order valence-electron chi connectivity index (χ3n) is 20.4. The molecule has 6 unspecified atom stereocenters. The van der Waals surface area contributed by atoms with E-state index in [1.807, 2.05) is 18.2 Å². The molecule has 0 N–H and O–H groups in total. The second-order valence-corrected chi connectivity index (χ2v) is 31.3. The van der Waals surface area contributed by atoms with Gasteiger partial charge in [-0.2, -0.15) is 0 Å². The molecular formula is C62H83NO12Si. The van der Waals surface area contributed by atoms with Crippen LogP contribution in [0.5, 0.6) is 0 Å². The Morgan fingerprint density at radius 2 is 1.42 bits per heavy atom.